The zero-order valence-corrected chi connectivity index (χ0v) is 8.56. The maximum Gasteiger partial charge on any atom is 0.333 e. The van der Waals surface area contributed by atoms with Gasteiger partial charge in [0.15, 0.2) is 0 Å². The number of carbonyl (C=O) groups is 1. The zero-order chi connectivity index (χ0) is 11.3. The van der Waals surface area contributed by atoms with Gasteiger partial charge in [0.25, 0.3) is 0 Å². The third-order valence-corrected chi connectivity index (χ3v) is 1.76. The Hall–Kier alpha value is -1.68. The summed E-state index contributed by atoms with van der Waals surface area (Å²) in [5, 5.41) is 8.88. The maximum absolute atomic E-state index is 11.1. The van der Waals surface area contributed by atoms with Crippen molar-refractivity contribution in [3.63, 3.8) is 0 Å². The van der Waals surface area contributed by atoms with E-state index in [-0.39, 0.29) is 13.2 Å². The first-order valence-corrected chi connectivity index (χ1v) is 4.50. The van der Waals surface area contributed by atoms with Gasteiger partial charge in [-0.3, -0.25) is 4.98 Å². The summed E-state index contributed by atoms with van der Waals surface area (Å²) in [6, 6.07) is 3.38. The molecule has 1 aromatic heterocycles. The Kier molecular flexibility index (Phi) is 4.00. The number of esters is 1. The zero-order valence-electron chi connectivity index (χ0n) is 8.56. The van der Waals surface area contributed by atoms with Gasteiger partial charge in [-0.15, -0.1) is 0 Å². The fraction of sp³-hybridized carbons (Fsp3) is 0.273. The summed E-state index contributed by atoms with van der Waals surface area (Å²) in [5.74, 6) is -0.439. The summed E-state index contributed by atoms with van der Waals surface area (Å²) in [6.07, 6.45) is 1.56. The molecule has 1 rings (SSSR count). The van der Waals surface area contributed by atoms with Gasteiger partial charge in [-0.05, 0) is 24.6 Å². The Bertz CT molecular complexity index is 374. The molecule has 0 radical (unpaired) electrons. The summed E-state index contributed by atoms with van der Waals surface area (Å²) >= 11 is 0. The largest absolute Gasteiger partial charge is 0.456 e. The highest BCUT2D eigenvalue weighted by atomic mass is 16.5. The van der Waals surface area contributed by atoms with Gasteiger partial charge in [0.1, 0.15) is 6.61 Å². The average molecular weight is 207 g/mol. The molecular formula is C11H13NO3. The van der Waals surface area contributed by atoms with Gasteiger partial charge in [-0.1, -0.05) is 6.58 Å². The predicted octanol–water partition coefficient (Wildman–Crippen LogP) is 1.19. The van der Waals surface area contributed by atoms with Crippen molar-refractivity contribution in [2.45, 2.75) is 20.1 Å². The molecule has 1 heterocycles. The van der Waals surface area contributed by atoms with Crippen molar-refractivity contribution < 1.29 is 14.6 Å². The van der Waals surface area contributed by atoms with Gasteiger partial charge >= 0.3 is 5.97 Å². The second-order valence-corrected chi connectivity index (χ2v) is 3.17. The van der Waals surface area contributed by atoms with Crippen molar-refractivity contribution in [3.8, 4) is 0 Å². The normalized spacial score (nSPS) is 9.73. The van der Waals surface area contributed by atoms with Crippen LogP contribution in [0.1, 0.15) is 18.2 Å². The molecule has 0 saturated heterocycles. The number of pyridine rings is 1. The lowest BCUT2D eigenvalue weighted by molar-refractivity contribution is -0.140. The van der Waals surface area contributed by atoms with Crippen molar-refractivity contribution in [1.82, 2.24) is 4.98 Å². The Balaban J connectivity index is 2.57. The van der Waals surface area contributed by atoms with Crippen molar-refractivity contribution >= 4 is 5.97 Å². The van der Waals surface area contributed by atoms with Crippen molar-refractivity contribution in [1.29, 1.82) is 0 Å². The van der Waals surface area contributed by atoms with Crippen LogP contribution in [0.2, 0.25) is 0 Å². The highest BCUT2D eigenvalue weighted by Crippen LogP contribution is 2.04. The first-order chi connectivity index (χ1) is 7.13. The van der Waals surface area contributed by atoms with E-state index < -0.39 is 5.97 Å². The molecular weight excluding hydrogens is 194 g/mol. The number of hydrogen-bond donors (Lipinski definition) is 1. The lowest BCUT2D eigenvalue weighted by Gasteiger charge is -2.04. The molecule has 0 aliphatic rings. The highest BCUT2D eigenvalue weighted by Gasteiger charge is 2.04. The third kappa shape index (κ3) is 3.52. The fourth-order valence-corrected chi connectivity index (χ4v) is 0.968. The van der Waals surface area contributed by atoms with Gasteiger partial charge < -0.3 is 9.84 Å². The monoisotopic (exact) mass is 207 g/mol. The van der Waals surface area contributed by atoms with Crippen LogP contribution in [-0.4, -0.2) is 16.1 Å². The van der Waals surface area contributed by atoms with Gasteiger partial charge in [0.05, 0.1) is 12.3 Å². The van der Waals surface area contributed by atoms with Gasteiger partial charge in [-0.2, -0.15) is 0 Å². The van der Waals surface area contributed by atoms with Crippen LogP contribution in [0.15, 0.2) is 30.5 Å². The van der Waals surface area contributed by atoms with E-state index in [0.717, 1.165) is 5.56 Å². The highest BCUT2D eigenvalue weighted by molar-refractivity contribution is 5.86. The van der Waals surface area contributed by atoms with E-state index in [0.29, 0.717) is 11.3 Å². The molecule has 1 N–H and O–H groups in total. The van der Waals surface area contributed by atoms with Crippen LogP contribution in [0.3, 0.4) is 0 Å². The minimum absolute atomic E-state index is 0.0516. The van der Waals surface area contributed by atoms with Gasteiger partial charge in [-0.25, -0.2) is 4.79 Å². The van der Waals surface area contributed by atoms with E-state index in [1.54, 1.807) is 25.3 Å². The van der Waals surface area contributed by atoms with E-state index in [1.165, 1.54) is 0 Å². The topological polar surface area (TPSA) is 59.4 Å². The molecule has 0 saturated carbocycles. The molecule has 0 aromatic carbocycles. The van der Waals surface area contributed by atoms with E-state index in [9.17, 15) is 4.79 Å². The predicted molar refractivity (Wildman–Crippen MR) is 54.8 cm³/mol. The Morgan fingerprint density at radius 1 is 1.67 bits per heavy atom. The molecule has 15 heavy (non-hydrogen) atoms. The summed E-state index contributed by atoms with van der Waals surface area (Å²) in [5.41, 5.74) is 1.70. The maximum atomic E-state index is 11.1. The van der Waals surface area contributed by atoms with Crippen molar-refractivity contribution in [2.75, 3.05) is 0 Å². The molecule has 0 atom stereocenters. The van der Waals surface area contributed by atoms with Crippen molar-refractivity contribution in [2.24, 2.45) is 0 Å². The molecule has 0 fully saturated rings. The quantitative estimate of drug-likeness (QED) is 0.595. The molecule has 4 heteroatoms. The molecule has 0 spiro atoms. The molecule has 0 aliphatic carbocycles. The standard InChI is InChI=1S/C11H13NO3/c1-8(2)11(14)15-7-10-5-9(6-13)3-4-12-10/h3-5,13H,1,6-7H2,2H3. The van der Waals surface area contributed by atoms with Crippen LogP contribution in [0, 0.1) is 0 Å². The summed E-state index contributed by atoms with van der Waals surface area (Å²) < 4.78 is 4.91. The minimum Gasteiger partial charge on any atom is -0.456 e. The second-order valence-electron chi connectivity index (χ2n) is 3.17. The Morgan fingerprint density at radius 2 is 2.40 bits per heavy atom. The summed E-state index contributed by atoms with van der Waals surface area (Å²) in [6.45, 7) is 5.09. The molecule has 80 valence electrons. The Labute approximate surface area is 88.2 Å². The number of hydrogen-bond acceptors (Lipinski definition) is 4. The van der Waals surface area contributed by atoms with E-state index in [1.807, 2.05) is 0 Å². The third-order valence-electron chi connectivity index (χ3n) is 1.76. The number of aliphatic hydroxyl groups is 1. The van der Waals surface area contributed by atoms with Crippen LogP contribution in [0.5, 0.6) is 0 Å². The van der Waals surface area contributed by atoms with Gasteiger partial charge in [0.2, 0.25) is 0 Å². The van der Waals surface area contributed by atoms with E-state index in [4.69, 9.17) is 9.84 Å². The van der Waals surface area contributed by atoms with Gasteiger partial charge in [0, 0.05) is 11.8 Å². The molecule has 0 bridgehead atoms. The average Bonchev–Trinajstić information content (AvgIpc) is 2.26. The molecule has 0 amide bonds. The summed E-state index contributed by atoms with van der Waals surface area (Å²) in [7, 11) is 0. The first-order valence-electron chi connectivity index (χ1n) is 4.50. The van der Waals surface area contributed by atoms with Crippen LogP contribution in [-0.2, 0) is 22.7 Å². The Morgan fingerprint density at radius 3 is 3.00 bits per heavy atom. The number of nitrogens with zero attached hydrogens (tertiary/aromatic N) is 1. The molecule has 1 aromatic rings. The van der Waals surface area contributed by atoms with E-state index >= 15 is 0 Å². The number of ether oxygens (including phenoxy) is 1. The number of aromatic nitrogens is 1. The number of carbonyl (C=O) groups excluding carboxylic acids is 1. The summed E-state index contributed by atoms with van der Waals surface area (Å²) in [4.78, 5) is 15.1. The van der Waals surface area contributed by atoms with Crippen LogP contribution in [0.4, 0.5) is 0 Å². The lowest BCUT2D eigenvalue weighted by Crippen LogP contribution is -2.06. The number of aliphatic hydroxyl groups excluding tert-OH is 1. The van der Waals surface area contributed by atoms with E-state index in [2.05, 4.69) is 11.6 Å². The van der Waals surface area contributed by atoms with Crippen LogP contribution in [0.25, 0.3) is 0 Å². The smallest absolute Gasteiger partial charge is 0.333 e. The lowest BCUT2D eigenvalue weighted by atomic mass is 10.2. The minimum atomic E-state index is -0.439. The molecule has 0 unspecified atom stereocenters. The molecule has 0 aliphatic heterocycles. The second kappa shape index (κ2) is 5.26. The van der Waals surface area contributed by atoms with Crippen LogP contribution < -0.4 is 0 Å². The fourth-order valence-electron chi connectivity index (χ4n) is 0.968. The SMILES string of the molecule is C=C(C)C(=O)OCc1cc(CO)ccn1. The first kappa shape index (κ1) is 11.4. The molecule has 4 nitrogen and oxygen atoms in total. The number of rotatable bonds is 4. The van der Waals surface area contributed by atoms with Crippen molar-refractivity contribution in [3.05, 3.63) is 41.7 Å². The van der Waals surface area contributed by atoms with Crippen LogP contribution >= 0.6 is 0 Å².